The van der Waals surface area contributed by atoms with E-state index in [-0.39, 0.29) is 11.9 Å². The highest BCUT2D eigenvalue weighted by molar-refractivity contribution is 14.1. The van der Waals surface area contributed by atoms with Crippen molar-refractivity contribution in [3.63, 3.8) is 0 Å². The number of carbonyl (C=O) groups is 1. The second kappa shape index (κ2) is 15.1. The van der Waals surface area contributed by atoms with Crippen molar-refractivity contribution in [2.24, 2.45) is 0 Å². The number of amides is 1. The largest absolute Gasteiger partial charge is 0.381 e. The number of H-pyrrole nitrogens is 1. The lowest BCUT2D eigenvalue weighted by Gasteiger charge is -2.38. The van der Waals surface area contributed by atoms with Crippen molar-refractivity contribution in [3.05, 3.63) is 147 Å². The second-order valence-corrected chi connectivity index (χ2v) is 14.8. The van der Waals surface area contributed by atoms with Crippen LogP contribution >= 0.6 is 22.6 Å². The Balaban J connectivity index is 1.26. The molecule has 2 aliphatic heterocycles. The number of likely N-dealkylation sites (N-methyl/N-ethyl adjacent to an activating group) is 1. The Kier molecular flexibility index (Phi) is 9.94. The van der Waals surface area contributed by atoms with Gasteiger partial charge in [-0.2, -0.15) is 5.10 Å². The summed E-state index contributed by atoms with van der Waals surface area (Å²) < 4.78 is 6.60. The van der Waals surface area contributed by atoms with E-state index in [0.29, 0.717) is 30.2 Å². The fraction of sp³-hybridized carbons (Fsp3) is 0.262. The second-order valence-electron chi connectivity index (χ2n) is 13.6. The number of rotatable bonds is 9. The zero-order valence-corrected chi connectivity index (χ0v) is 31.3. The van der Waals surface area contributed by atoms with Crippen LogP contribution in [0.15, 0.2) is 115 Å². The van der Waals surface area contributed by atoms with Crippen LogP contribution in [0.2, 0.25) is 0 Å². The van der Waals surface area contributed by atoms with Crippen LogP contribution in [0.4, 0.5) is 17.2 Å². The summed E-state index contributed by atoms with van der Waals surface area (Å²) in [4.78, 5) is 24.1. The molecule has 3 N–H and O–H groups in total. The van der Waals surface area contributed by atoms with Gasteiger partial charge in [0.25, 0.3) is 5.91 Å². The van der Waals surface area contributed by atoms with Gasteiger partial charge >= 0.3 is 0 Å². The smallest absolute Gasteiger partial charge is 0.258 e. The molecular weight excluding hydrogens is 761 g/mol. The first kappa shape index (κ1) is 34.3. The van der Waals surface area contributed by atoms with Gasteiger partial charge in [-0.3, -0.25) is 9.89 Å². The van der Waals surface area contributed by atoms with E-state index < -0.39 is 5.41 Å². The Hall–Kier alpha value is -4.78. The van der Waals surface area contributed by atoms with Crippen LogP contribution in [0.25, 0.3) is 11.0 Å². The topological polar surface area (TPSA) is 98.4 Å². The van der Waals surface area contributed by atoms with E-state index in [9.17, 15) is 4.79 Å². The normalized spacial score (nSPS) is 15.8. The Bertz CT molecular complexity index is 2050. The molecule has 1 amide bonds. The molecule has 52 heavy (non-hydrogen) atoms. The monoisotopic (exact) mass is 803 g/mol. The number of ether oxygens (including phenoxy) is 1. The number of fused-ring (bicyclic) bond motifs is 1. The SMILES string of the molecule is CN1CCN(c2ccc(C(=O)Nc3[nH]nc4ncc(I)c(C(c5ccccc5)(c5ccccc5)c5ccccc5)c34)c(NC3CCOCC3)c2)CC1. The average molecular weight is 804 g/mol. The van der Waals surface area contributed by atoms with Gasteiger partial charge in [-0.1, -0.05) is 91.0 Å². The molecule has 2 aromatic heterocycles. The van der Waals surface area contributed by atoms with Gasteiger partial charge in [0.15, 0.2) is 5.65 Å². The van der Waals surface area contributed by atoms with E-state index in [4.69, 9.17) is 9.72 Å². The van der Waals surface area contributed by atoms with Crippen LogP contribution in [0.3, 0.4) is 0 Å². The van der Waals surface area contributed by atoms with E-state index in [1.54, 1.807) is 0 Å². The van der Waals surface area contributed by atoms with Gasteiger partial charge in [-0.25, -0.2) is 4.98 Å². The number of hydrogen-bond acceptors (Lipinski definition) is 7. The fourth-order valence-corrected chi connectivity index (χ4v) is 8.59. The van der Waals surface area contributed by atoms with Crippen molar-refractivity contribution in [1.82, 2.24) is 20.1 Å². The van der Waals surface area contributed by atoms with E-state index >= 15 is 0 Å². The summed E-state index contributed by atoms with van der Waals surface area (Å²) in [6.45, 7) is 5.31. The molecule has 0 aliphatic carbocycles. The van der Waals surface area contributed by atoms with Crippen molar-refractivity contribution < 1.29 is 9.53 Å². The highest BCUT2D eigenvalue weighted by Crippen LogP contribution is 2.49. The van der Waals surface area contributed by atoms with Crippen LogP contribution in [0.5, 0.6) is 0 Å². The van der Waals surface area contributed by atoms with Gasteiger partial charge < -0.3 is 25.2 Å². The lowest BCUT2D eigenvalue weighted by atomic mass is 9.64. The molecule has 0 unspecified atom stereocenters. The Morgan fingerprint density at radius 1 is 0.846 bits per heavy atom. The minimum absolute atomic E-state index is 0.219. The van der Waals surface area contributed by atoms with Crippen molar-refractivity contribution in [2.75, 3.05) is 62.0 Å². The number of benzene rings is 4. The molecule has 0 bridgehead atoms. The van der Waals surface area contributed by atoms with E-state index in [1.807, 2.05) is 30.5 Å². The quantitative estimate of drug-likeness (QED) is 0.103. The maximum absolute atomic E-state index is 14.5. The third-order valence-electron chi connectivity index (χ3n) is 10.5. The molecule has 0 atom stereocenters. The minimum atomic E-state index is -0.759. The van der Waals surface area contributed by atoms with E-state index in [2.05, 4.69) is 145 Å². The Labute approximate surface area is 317 Å². The summed E-state index contributed by atoms with van der Waals surface area (Å²) >= 11 is 2.39. The third kappa shape index (κ3) is 6.55. The maximum Gasteiger partial charge on any atom is 0.258 e. The lowest BCUT2D eigenvalue weighted by molar-refractivity contribution is 0.0904. The Morgan fingerprint density at radius 2 is 1.44 bits per heavy atom. The molecule has 2 fully saturated rings. The van der Waals surface area contributed by atoms with Crippen molar-refractivity contribution in [1.29, 1.82) is 0 Å². The highest BCUT2D eigenvalue weighted by Gasteiger charge is 2.42. The molecule has 0 saturated carbocycles. The highest BCUT2D eigenvalue weighted by atomic mass is 127. The van der Waals surface area contributed by atoms with Crippen molar-refractivity contribution >= 4 is 56.7 Å². The molecule has 6 aromatic rings. The number of nitrogens with zero attached hydrogens (tertiary/aromatic N) is 4. The number of aromatic nitrogens is 3. The lowest BCUT2D eigenvalue weighted by Crippen LogP contribution is -2.44. The summed E-state index contributed by atoms with van der Waals surface area (Å²) in [7, 11) is 2.16. The molecular formula is C42H42IN7O2. The van der Waals surface area contributed by atoms with E-state index in [1.165, 1.54) is 0 Å². The predicted octanol–water partition coefficient (Wildman–Crippen LogP) is 7.54. The van der Waals surface area contributed by atoms with Crippen LogP contribution < -0.4 is 15.5 Å². The van der Waals surface area contributed by atoms with Crippen LogP contribution in [0.1, 0.15) is 45.5 Å². The summed E-state index contributed by atoms with van der Waals surface area (Å²) in [5, 5.41) is 15.6. The summed E-state index contributed by atoms with van der Waals surface area (Å²) in [6.07, 6.45) is 3.65. The minimum Gasteiger partial charge on any atom is -0.381 e. The summed E-state index contributed by atoms with van der Waals surface area (Å²) in [5.41, 5.74) is 6.57. The van der Waals surface area contributed by atoms with Gasteiger partial charge in [0.2, 0.25) is 0 Å². The first-order valence-corrected chi connectivity index (χ1v) is 19.0. The molecule has 2 saturated heterocycles. The van der Waals surface area contributed by atoms with Gasteiger partial charge in [0, 0.05) is 72.1 Å². The number of nitrogens with one attached hydrogen (secondary N) is 3. The average Bonchev–Trinajstić information content (AvgIpc) is 3.60. The van der Waals surface area contributed by atoms with Crippen LogP contribution in [-0.4, -0.2) is 78.5 Å². The summed E-state index contributed by atoms with van der Waals surface area (Å²) in [6, 6.07) is 38.1. The molecule has 0 spiro atoms. The number of aromatic amines is 1. The third-order valence-corrected chi connectivity index (χ3v) is 11.3. The molecule has 264 valence electrons. The molecule has 8 rings (SSSR count). The van der Waals surface area contributed by atoms with Crippen LogP contribution in [-0.2, 0) is 10.2 Å². The maximum atomic E-state index is 14.5. The number of hydrogen-bond donors (Lipinski definition) is 3. The molecule has 4 heterocycles. The molecule has 10 heteroatoms. The van der Waals surface area contributed by atoms with Gasteiger partial charge in [0.05, 0.1) is 16.4 Å². The predicted molar refractivity (Wildman–Crippen MR) is 216 cm³/mol. The molecule has 4 aromatic carbocycles. The first-order valence-electron chi connectivity index (χ1n) is 17.9. The van der Waals surface area contributed by atoms with Crippen molar-refractivity contribution in [3.8, 4) is 0 Å². The fourth-order valence-electron chi connectivity index (χ4n) is 7.77. The summed E-state index contributed by atoms with van der Waals surface area (Å²) in [5.74, 6) is 0.285. The van der Waals surface area contributed by atoms with E-state index in [0.717, 1.165) is 81.6 Å². The van der Waals surface area contributed by atoms with Crippen molar-refractivity contribution in [2.45, 2.75) is 24.3 Å². The van der Waals surface area contributed by atoms with Gasteiger partial charge in [0.1, 0.15) is 5.82 Å². The van der Waals surface area contributed by atoms with Gasteiger partial charge in [-0.15, -0.1) is 0 Å². The molecule has 9 nitrogen and oxygen atoms in total. The Morgan fingerprint density at radius 3 is 2.04 bits per heavy atom. The zero-order chi connectivity index (χ0) is 35.5. The molecule has 2 aliphatic rings. The first-order chi connectivity index (χ1) is 25.5. The van der Waals surface area contributed by atoms with Crippen LogP contribution in [0, 0.1) is 3.57 Å². The number of piperazine rings is 1. The number of pyridine rings is 1. The number of halogens is 1. The standard InChI is InChI=1S/C42H42IN7O2/c1-49-21-23-50(24-22-49)33-17-18-34(36(27-33)45-32-19-25-52-26-20-32)41(51)46-40-37-38(35(43)28-44-39(37)47-48-40)42(29-11-5-2-6-12-29,30-13-7-3-8-14-30)31-15-9-4-10-16-31/h2-18,27-28,32,45H,19-26H2,1H3,(H2,44,46,47,48,51). The zero-order valence-electron chi connectivity index (χ0n) is 29.2. The number of carbonyl (C=O) groups excluding carboxylic acids is 1. The number of anilines is 3. The molecule has 0 radical (unpaired) electrons. The van der Waals surface area contributed by atoms with Gasteiger partial charge in [-0.05, 0) is 77.4 Å².